The molecule has 0 saturated carbocycles. The van der Waals surface area contributed by atoms with Gasteiger partial charge in [-0.3, -0.25) is 0 Å². The topological polar surface area (TPSA) is 75.4 Å². The van der Waals surface area contributed by atoms with Gasteiger partial charge in [0.15, 0.2) is 0 Å². The maximum Gasteiger partial charge on any atom is 0.241 e. The predicted octanol–water partition coefficient (Wildman–Crippen LogP) is 0.560. The van der Waals surface area contributed by atoms with E-state index < -0.39 is 10.0 Å². The van der Waals surface area contributed by atoms with Gasteiger partial charge in [0.2, 0.25) is 10.0 Å². The van der Waals surface area contributed by atoms with Crippen LogP contribution in [0, 0.1) is 6.92 Å². The Kier molecular flexibility index (Phi) is 3.61. The number of nitrogens with two attached hydrogens (primary N) is 1. The lowest BCUT2D eigenvalue weighted by Crippen LogP contribution is -2.36. The Bertz CT molecular complexity index is 542. The number of rotatable bonds is 3. The average Bonchev–Trinajstić information content (AvgIpc) is 2.62. The van der Waals surface area contributed by atoms with Crippen LogP contribution >= 0.6 is 0 Å². The number of hydrogen-bond donors (Lipinski definition) is 2. The molecule has 0 radical (unpaired) electrons. The van der Waals surface area contributed by atoms with Crippen LogP contribution in [-0.4, -0.2) is 39.5 Å². The van der Waals surface area contributed by atoms with Crippen molar-refractivity contribution in [3.8, 4) is 0 Å². The highest BCUT2D eigenvalue weighted by Crippen LogP contribution is 2.19. The molecule has 6 heteroatoms. The first-order valence-corrected chi connectivity index (χ1v) is 7.44. The lowest BCUT2D eigenvalue weighted by atomic mass is 10.2. The molecule has 1 aromatic rings. The number of likely N-dealkylation sites (N-methyl/N-ethyl adjacent to an activating group) is 1. The van der Waals surface area contributed by atoms with Crippen molar-refractivity contribution in [2.75, 3.05) is 25.9 Å². The van der Waals surface area contributed by atoms with Gasteiger partial charge in [-0.2, -0.15) is 0 Å². The fraction of sp³-hybridized carbons (Fsp3) is 0.500. The van der Waals surface area contributed by atoms with Crippen molar-refractivity contribution in [1.82, 2.24) is 9.62 Å². The minimum Gasteiger partial charge on any atom is -0.399 e. The third-order valence-corrected chi connectivity index (χ3v) is 4.88. The maximum atomic E-state index is 12.3. The summed E-state index contributed by atoms with van der Waals surface area (Å²) in [5, 5.41) is 0. The number of anilines is 1. The van der Waals surface area contributed by atoms with E-state index in [9.17, 15) is 8.42 Å². The fourth-order valence-corrected chi connectivity index (χ4v) is 3.78. The van der Waals surface area contributed by atoms with E-state index in [1.54, 1.807) is 25.1 Å². The maximum absolute atomic E-state index is 12.3. The molecule has 1 aromatic carbocycles. The number of likely N-dealkylation sites (tertiary alicyclic amines) is 1. The van der Waals surface area contributed by atoms with Gasteiger partial charge in [-0.05, 0) is 50.7 Å². The van der Waals surface area contributed by atoms with Crippen molar-refractivity contribution >= 4 is 15.7 Å². The third kappa shape index (κ3) is 2.82. The standard InChI is InChI=1S/C12H19N3O2S/c1-9-7-10(13)3-4-12(9)18(16,17)14-11-5-6-15(2)8-11/h3-4,7,11,14H,5-6,8,13H2,1-2H3. The average molecular weight is 269 g/mol. The van der Waals surface area contributed by atoms with Crippen molar-refractivity contribution < 1.29 is 8.42 Å². The van der Waals surface area contributed by atoms with Crippen LogP contribution in [0.4, 0.5) is 5.69 Å². The van der Waals surface area contributed by atoms with Crippen LogP contribution in [0.3, 0.4) is 0 Å². The molecule has 1 fully saturated rings. The lowest BCUT2D eigenvalue weighted by molar-refractivity contribution is 0.407. The van der Waals surface area contributed by atoms with Gasteiger partial charge in [-0.15, -0.1) is 0 Å². The predicted molar refractivity (Wildman–Crippen MR) is 71.8 cm³/mol. The molecule has 1 unspecified atom stereocenters. The second-order valence-corrected chi connectivity index (χ2v) is 6.58. The summed E-state index contributed by atoms with van der Waals surface area (Å²) in [5.41, 5.74) is 6.88. The summed E-state index contributed by atoms with van der Waals surface area (Å²) in [7, 11) is -1.46. The first-order valence-electron chi connectivity index (χ1n) is 5.95. The molecular weight excluding hydrogens is 250 g/mol. The molecule has 1 saturated heterocycles. The molecule has 1 heterocycles. The Labute approximate surface area is 108 Å². The van der Waals surface area contributed by atoms with E-state index in [4.69, 9.17) is 5.73 Å². The minimum atomic E-state index is -3.45. The summed E-state index contributed by atoms with van der Waals surface area (Å²) in [6.07, 6.45) is 0.851. The molecular formula is C12H19N3O2S. The molecule has 0 spiro atoms. The van der Waals surface area contributed by atoms with Crippen LogP contribution < -0.4 is 10.5 Å². The Balaban J connectivity index is 2.20. The molecule has 0 amide bonds. The number of hydrogen-bond acceptors (Lipinski definition) is 4. The fourth-order valence-electron chi connectivity index (χ4n) is 2.29. The normalized spacial score (nSPS) is 21.3. The molecule has 0 aromatic heterocycles. The zero-order chi connectivity index (χ0) is 13.3. The molecule has 5 nitrogen and oxygen atoms in total. The smallest absolute Gasteiger partial charge is 0.241 e. The minimum absolute atomic E-state index is 0.00282. The summed E-state index contributed by atoms with van der Waals surface area (Å²) in [6, 6.07) is 4.85. The van der Waals surface area contributed by atoms with Gasteiger partial charge in [-0.25, -0.2) is 13.1 Å². The number of benzene rings is 1. The van der Waals surface area contributed by atoms with Crippen molar-refractivity contribution in [1.29, 1.82) is 0 Å². The first kappa shape index (κ1) is 13.3. The SMILES string of the molecule is Cc1cc(N)ccc1S(=O)(=O)NC1CCN(C)C1. The van der Waals surface area contributed by atoms with Crippen LogP contribution in [0.2, 0.25) is 0 Å². The van der Waals surface area contributed by atoms with Crippen LogP contribution in [0.5, 0.6) is 0 Å². The van der Waals surface area contributed by atoms with E-state index in [2.05, 4.69) is 9.62 Å². The lowest BCUT2D eigenvalue weighted by Gasteiger charge is -2.14. The second-order valence-electron chi connectivity index (χ2n) is 4.89. The number of nitrogens with zero attached hydrogens (tertiary/aromatic N) is 1. The number of nitrogens with one attached hydrogen (secondary N) is 1. The van der Waals surface area contributed by atoms with Crippen LogP contribution in [0.15, 0.2) is 23.1 Å². The van der Waals surface area contributed by atoms with Crippen molar-refractivity contribution in [2.45, 2.75) is 24.3 Å². The number of nitrogen functional groups attached to an aromatic ring is 1. The Morgan fingerprint density at radius 3 is 2.72 bits per heavy atom. The molecule has 0 bridgehead atoms. The van der Waals surface area contributed by atoms with E-state index in [-0.39, 0.29) is 6.04 Å². The highest BCUT2D eigenvalue weighted by molar-refractivity contribution is 7.89. The molecule has 100 valence electrons. The molecule has 1 atom stereocenters. The van der Waals surface area contributed by atoms with Crippen molar-refractivity contribution in [3.63, 3.8) is 0 Å². The largest absolute Gasteiger partial charge is 0.399 e. The van der Waals surface area contributed by atoms with Crippen molar-refractivity contribution in [2.24, 2.45) is 0 Å². The molecule has 1 aliphatic heterocycles. The highest BCUT2D eigenvalue weighted by Gasteiger charge is 2.26. The second kappa shape index (κ2) is 4.87. The summed E-state index contributed by atoms with van der Waals surface area (Å²) in [5.74, 6) is 0. The van der Waals surface area contributed by atoms with E-state index in [1.807, 2.05) is 7.05 Å². The van der Waals surface area contributed by atoms with E-state index in [1.165, 1.54) is 0 Å². The van der Waals surface area contributed by atoms with E-state index in [0.717, 1.165) is 19.5 Å². The Hall–Kier alpha value is -1.11. The zero-order valence-electron chi connectivity index (χ0n) is 10.7. The quantitative estimate of drug-likeness (QED) is 0.786. The molecule has 3 N–H and O–H groups in total. The van der Waals surface area contributed by atoms with Crippen LogP contribution in [0.1, 0.15) is 12.0 Å². The van der Waals surface area contributed by atoms with Gasteiger partial charge in [0.05, 0.1) is 4.90 Å². The number of aryl methyl sites for hydroxylation is 1. The van der Waals surface area contributed by atoms with Gasteiger partial charge in [0, 0.05) is 18.3 Å². The summed E-state index contributed by atoms with van der Waals surface area (Å²) in [4.78, 5) is 2.43. The third-order valence-electron chi connectivity index (χ3n) is 3.20. The van der Waals surface area contributed by atoms with Gasteiger partial charge in [0.1, 0.15) is 0 Å². The van der Waals surface area contributed by atoms with Gasteiger partial charge < -0.3 is 10.6 Å². The van der Waals surface area contributed by atoms with Crippen LogP contribution in [-0.2, 0) is 10.0 Å². The molecule has 1 aliphatic rings. The van der Waals surface area contributed by atoms with Crippen molar-refractivity contribution in [3.05, 3.63) is 23.8 Å². The van der Waals surface area contributed by atoms with Crippen LogP contribution in [0.25, 0.3) is 0 Å². The molecule has 2 rings (SSSR count). The summed E-state index contributed by atoms with van der Waals surface area (Å²) in [6.45, 7) is 3.44. The van der Waals surface area contributed by atoms with E-state index >= 15 is 0 Å². The first-order chi connectivity index (χ1) is 8.38. The Morgan fingerprint density at radius 2 is 2.17 bits per heavy atom. The number of sulfonamides is 1. The van der Waals surface area contributed by atoms with Gasteiger partial charge in [0.25, 0.3) is 0 Å². The molecule has 18 heavy (non-hydrogen) atoms. The zero-order valence-corrected chi connectivity index (χ0v) is 11.5. The van der Waals surface area contributed by atoms with Gasteiger partial charge >= 0.3 is 0 Å². The molecule has 0 aliphatic carbocycles. The summed E-state index contributed by atoms with van der Waals surface area (Å²) < 4.78 is 27.3. The highest BCUT2D eigenvalue weighted by atomic mass is 32.2. The van der Waals surface area contributed by atoms with Gasteiger partial charge in [-0.1, -0.05) is 0 Å². The monoisotopic (exact) mass is 269 g/mol. The van der Waals surface area contributed by atoms with E-state index in [0.29, 0.717) is 16.1 Å². The summed E-state index contributed by atoms with van der Waals surface area (Å²) >= 11 is 0. The Morgan fingerprint density at radius 1 is 1.44 bits per heavy atom.